The smallest absolute Gasteiger partial charge is 0.166 e. The van der Waals surface area contributed by atoms with Crippen molar-refractivity contribution in [1.82, 2.24) is 19.9 Å². The van der Waals surface area contributed by atoms with Crippen LogP contribution >= 0.6 is 23.5 Å². The van der Waals surface area contributed by atoms with E-state index < -0.39 is 6.10 Å². The number of imidazole rings is 1. The first-order chi connectivity index (χ1) is 17.1. The third-order valence-electron chi connectivity index (χ3n) is 5.78. The molecular weight excluding hydrogens is 476 g/mol. The molecule has 2 heterocycles. The molecule has 0 radical (unpaired) electrons. The Morgan fingerprint density at radius 2 is 1.83 bits per heavy atom. The van der Waals surface area contributed by atoms with Gasteiger partial charge in [0.2, 0.25) is 0 Å². The molecule has 1 atom stereocenters. The number of para-hydroxylation sites is 2. The quantitative estimate of drug-likeness (QED) is 0.175. The highest BCUT2D eigenvalue weighted by Crippen LogP contribution is 2.28. The first-order valence-electron chi connectivity index (χ1n) is 11.8. The number of thioether (sulfide) groups is 2. The fourth-order valence-electron chi connectivity index (χ4n) is 3.90. The van der Waals surface area contributed by atoms with Gasteiger partial charge in [-0.05, 0) is 55.0 Å². The zero-order valence-electron chi connectivity index (χ0n) is 19.9. The number of aromatic amines is 1. The van der Waals surface area contributed by atoms with Gasteiger partial charge in [-0.25, -0.2) is 4.98 Å². The Morgan fingerprint density at radius 1 is 1.03 bits per heavy atom. The number of rotatable bonds is 13. The third-order valence-corrected chi connectivity index (χ3v) is 7.91. The number of hydrogen-bond acceptors (Lipinski definition) is 7. The highest BCUT2D eigenvalue weighted by Gasteiger charge is 2.13. The Labute approximate surface area is 215 Å². The van der Waals surface area contributed by atoms with Crippen LogP contribution in [0.5, 0.6) is 0 Å². The summed E-state index contributed by atoms with van der Waals surface area (Å²) in [5, 5.41) is 20.2. The van der Waals surface area contributed by atoms with Crippen LogP contribution in [0.2, 0.25) is 0 Å². The molecule has 0 saturated carbocycles. The third kappa shape index (κ3) is 7.56. The Morgan fingerprint density at radius 3 is 2.63 bits per heavy atom. The predicted molar refractivity (Wildman–Crippen MR) is 145 cm³/mol. The Hall–Kier alpha value is -2.36. The van der Waals surface area contributed by atoms with Gasteiger partial charge in [0.25, 0.3) is 0 Å². The molecule has 35 heavy (non-hydrogen) atoms. The van der Waals surface area contributed by atoms with Gasteiger partial charge < -0.3 is 15.2 Å². The van der Waals surface area contributed by atoms with Crippen LogP contribution in [0.15, 0.2) is 76.9 Å². The maximum Gasteiger partial charge on any atom is 0.166 e. The summed E-state index contributed by atoms with van der Waals surface area (Å²) >= 11 is 3.52. The lowest BCUT2D eigenvalue weighted by atomic mass is 10.2. The molecule has 2 aromatic heterocycles. The first-order valence-corrected chi connectivity index (χ1v) is 13.8. The molecule has 184 valence electrons. The topological polar surface area (TPSA) is 85.3 Å². The predicted octanol–water partition coefficient (Wildman–Crippen LogP) is 4.90. The highest BCUT2D eigenvalue weighted by atomic mass is 32.2. The molecule has 2 aromatic carbocycles. The summed E-state index contributed by atoms with van der Waals surface area (Å²) < 4.78 is 0. The molecule has 4 rings (SSSR count). The molecule has 1 unspecified atom stereocenters. The van der Waals surface area contributed by atoms with Crippen molar-refractivity contribution < 1.29 is 10.2 Å². The van der Waals surface area contributed by atoms with E-state index in [1.54, 1.807) is 11.8 Å². The fourth-order valence-corrected chi connectivity index (χ4v) is 5.79. The van der Waals surface area contributed by atoms with Crippen molar-refractivity contribution >= 4 is 34.6 Å². The molecule has 8 heteroatoms. The molecular formula is C27H32N4O2S2. The van der Waals surface area contributed by atoms with E-state index in [4.69, 9.17) is 0 Å². The van der Waals surface area contributed by atoms with Gasteiger partial charge in [-0.2, -0.15) is 0 Å². The standard InChI is InChI=1S/C27H32N4O2S2/c1-20-25(19-35-27-29-23-10-5-6-11-24(23)30-27)28-13-12-26(20)34-15-7-14-31(17-22(33)18-32)16-21-8-3-2-4-9-21/h2-6,8-13,22,32-33H,7,14-19H2,1H3,(H,29,30). The summed E-state index contributed by atoms with van der Waals surface area (Å²) in [4.78, 5) is 16.1. The van der Waals surface area contributed by atoms with Gasteiger partial charge in [0.1, 0.15) is 0 Å². The number of nitrogens with zero attached hydrogens (tertiary/aromatic N) is 3. The minimum absolute atomic E-state index is 0.217. The highest BCUT2D eigenvalue weighted by molar-refractivity contribution is 7.99. The van der Waals surface area contributed by atoms with E-state index in [9.17, 15) is 10.2 Å². The number of hydrogen-bond donors (Lipinski definition) is 3. The zero-order chi connectivity index (χ0) is 24.5. The van der Waals surface area contributed by atoms with E-state index in [0.29, 0.717) is 6.54 Å². The van der Waals surface area contributed by atoms with Gasteiger partial charge in [-0.1, -0.05) is 54.2 Å². The summed E-state index contributed by atoms with van der Waals surface area (Å²) in [5.74, 6) is 1.74. The average molecular weight is 509 g/mol. The lowest BCUT2D eigenvalue weighted by Gasteiger charge is -2.24. The van der Waals surface area contributed by atoms with Crippen molar-refractivity contribution in [2.75, 3.05) is 25.4 Å². The van der Waals surface area contributed by atoms with Gasteiger partial charge in [0.15, 0.2) is 5.16 Å². The van der Waals surface area contributed by atoms with E-state index >= 15 is 0 Å². The largest absolute Gasteiger partial charge is 0.394 e. The van der Waals surface area contributed by atoms with Crippen LogP contribution in [0.4, 0.5) is 0 Å². The van der Waals surface area contributed by atoms with E-state index in [0.717, 1.165) is 52.9 Å². The van der Waals surface area contributed by atoms with Crippen molar-refractivity contribution in [3.8, 4) is 0 Å². The summed E-state index contributed by atoms with van der Waals surface area (Å²) in [7, 11) is 0. The molecule has 0 aliphatic rings. The molecule has 6 nitrogen and oxygen atoms in total. The van der Waals surface area contributed by atoms with Gasteiger partial charge in [-0.15, -0.1) is 11.8 Å². The van der Waals surface area contributed by atoms with Crippen LogP contribution in [-0.4, -0.2) is 61.6 Å². The second-order valence-corrected chi connectivity index (χ2v) is 10.6. The maximum atomic E-state index is 9.97. The Bertz CT molecular complexity index is 1170. The summed E-state index contributed by atoms with van der Waals surface area (Å²) in [6, 6.07) is 20.4. The van der Waals surface area contributed by atoms with Gasteiger partial charge in [-0.3, -0.25) is 9.88 Å². The second-order valence-electron chi connectivity index (χ2n) is 8.49. The molecule has 0 bridgehead atoms. The average Bonchev–Trinajstić information content (AvgIpc) is 3.30. The molecule has 0 aliphatic carbocycles. The lowest BCUT2D eigenvalue weighted by molar-refractivity contribution is 0.0568. The minimum Gasteiger partial charge on any atom is -0.394 e. The summed E-state index contributed by atoms with van der Waals surface area (Å²) in [5.41, 5.74) is 5.55. The van der Waals surface area contributed by atoms with Gasteiger partial charge >= 0.3 is 0 Å². The Kier molecular flexibility index (Phi) is 9.62. The second kappa shape index (κ2) is 13.1. The molecule has 0 spiro atoms. The van der Waals surface area contributed by atoms with Crippen LogP contribution in [0.25, 0.3) is 11.0 Å². The van der Waals surface area contributed by atoms with E-state index in [1.807, 2.05) is 60.4 Å². The number of aromatic nitrogens is 3. The molecule has 0 aliphatic heterocycles. The maximum absolute atomic E-state index is 9.97. The van der Waals surface area contributed by atoms with Crippen LogP contribution in [0.3, 0.4) is 0 Å². The number of fused-ring (bicyclic) bond motifs is 1. The molecule has 4 aromatic rings. The van der Waals surface area contributed by atoms with Crippen molar-refractivity contribution in [3.05, 3.63) is 83.7 Å². The lowest BCUT2D eigenvalue weighted by Crippen LogP contribution is -2.34. The van der Waals surface area contributed by atoms with Crippen molar-refractivity contribution in [1.29, 1.82) is 0 Å². The van der Waals surface area contributed by atoms with Crippen molar-refractivity contribution in [2.45, 2.75) is 41.8 Å². The summed E-state index contributed by atoms with van der Waals surface area (Å²) in [6.45, 7) is 4.01. The first kappa shape index (κ1) is 25.7. The number of H-pyrrole nitrogens is 1. The van der Waals surface area contributed by atoms with E-state index in [2.05, 4.69) is 45.0 Å². The number of pyridine rings is 1. The Balaban J connectivity index is 1.29. The van der Waals surface area contributed by atoms with Crippen LogP contribution in [0, 0.1) is 6.92 Å². The zero-order valence-corrected chi connectivity index (χ0v) is 21.6. The van der Waals surface area contributed by atoms with Crippen LogP contribution < -0.4 is 0 Å². The molecule has 0 fully saturated rings. The fraction of sp³-hybridized carbons (Fsp3) is 0.333. The van der Waals surface area contributed by atoms with Crippen molar-refractivity contribution in [2.24, 2.45) is 0 Å². The number of aliphatic hydroxyl groups is 2. The monoisotopic (exact) mass is 508 g/mol. The SMILES string of the molecule is Cc1c(SCCCN(Cc2ccccc2)CC(O)CO)ccnc1CSc1nc2ccccc2[nH]1. The normalized spacial score (nSPS) is 12.5. The van der Waals surface area contributed by atoms with Gasteiger partial charge in [0, 0.05) is 29.9 Å². The van der Waals surface area contributed by atoms with Gasteiger partial charge in [0.05, 0.1) is 29.4 Å². The molecule has 0 amide bonds. The molecule has 3 N–H and O–H groups in total. The molecule has 0 saturated heterocycles. The number of benzene rings is 2. The van der Waals surface area contributed by atoms with Crippen LogP contribution in [0.1, 0.15) is 23.2 Å². The van der Waals surface area contributed by atoms with E-state index in [-0.39, 0.29) is 6.61 Å². The number of aliphatic hydroxyl groups excluding tert-OH is 2. The van der Waals surface area contributed by atoms with Crippen LogP contribution in [-0.2, 0) is 12.3 Å². The van der Waals surface area contributed by atoms with E-state index in [1.165, 1.54) is 16.0 Å². The minimum atomic E-state index is -0.722. The van der Waals surface area contributed by atoms with Crippen molar-refractivity contribution in [3.63, 3.8) is 0 Å². The summed E-state index contributed by atoms with van der Waals surface area (Å²) in [6.07, 6.45) is 2.16. The number of nitrogens with one attached hydrogen (secondary N) is 1.